The van der Waals surface area contributed by atoms with Gasteiger partial charge in [-0.2, -0.15) is 0 Å². The van der Waals surface area contributed by atoms with Gasteiger partial charge < -0.3 is 28.7 Å². The van der Waals surface area contributed by atoms with Crippen molar-refractivity contribution >= 4 is 47.3 Å². The minimum absolute atomic E-state index is 0.00204. The van der Waals surface area contributed by atoms with Crippen molar-refractivity contribution in [3.63, 3.8) is 0 Å². The number of methoxy groups -OCH3 is 2. The number of nitrogens with zero attached hydrogens (tertiary/aromatic N) is 2. The van der Waals surface area contributed by atoms with Gasteiger partial charge in [-0.3, -0.25) is 9.59 Å². The maximum absolute atomic E-state index is 14.2. The summed E-state index contributed by atoms with van der Waals surface area (Å²) < 4.78 is 21.0. The van der Waals surface area contributed by atoms with E-state index in [0.29, 0.717) is 11.5 Å². The fourth-order valence-corrected chi connectivity index (χ4v) is 6.75. The molecule has 0 saturated carbocycles. The van der Waals surface area contributed by atoms with Crippen LogP contribution in [-0.2, 0) is 40.2 Å². The van der Waals surface area contributed by atoms with Crippen molar-refractivity contribution in [2.45, 2.75) is 35.1 Å². The predicted octanol–water partition coefficient (Wildman–Crippen LogP) is 3.32. The summed E-state index contributed by atoms with van der Waals surface area (Å²) in [5.41, 5.74) is 1.59. The first-order valence-electron chi connectivity index (χ1n) is 12.6. The third-order valence-electron chi connectivity index (χ3n) is 6.45. The number of rotatable bonds is 12. The summed E-state index contributed by atoms with van der Waals surface area (Å²) in [5, 5.41) is 0. The molecule has 0 bridgehead atoms. The van der Waals surface area contributed by atoms with Gasteiger partial charge in [-0.1, -0.05) is 24.3 Å². The Balaban J connectivity index is 2.02. The van der Waals surface area contributed by atoms with Crippen molar-refractivity contribution in [2.24, 2.45) is 0 Å². The van der Waals surface area contributed by atoms with E-state index in [1.165, 1.54) is 14.1 Å². The Kier molecular flexibility index (Phi) is 10.4. The van der Waals surface area contributed by atoms with Crippen LogP contribution in [0.3, 0.4) is 0 Å². The van der Waals surface area contributed by atoms with Crippen LogP contribution in [0, 0.1) is 0 Å². The molecule has 2 amide bonds. The van der Waals surface area contributed by atoms with Gasteiger partial charge in [0.1, 0.15) is 11.5 Å². The Bertz CT molecular complexity index is 1130. The monoisotopic (exact) mass is 590 g/mol. The molecule has 1 saturated heterocycles. The van der Waals surface area contributed by atoms with Gasteiger partial charge in [0.25, 0.3) is 21.6 Å². The van der Waals surface area contributed by atoms with E-state index in [9.17, 15) is 19.2 Å². The minimum atomic E-state index is -2.06. The zero-order valence-electron chi connectivity index (χ0n) is 23.4. The molecule has 1 aliphatic rings. The summed E-state index contributed by atoms with van der Waals surface area (Å²) in [6.07, 6.45) is 0. The van der Waals surface area contributed by atoms with Crippen molar-refractivity contribution in [2.75, 3.05) is 41.5 Å². The van der Waals surface area contributed by atoms with Gasteiger partial charge >= 0.3 is 11.9 Å². The third-order valence-corrected chi connectivity index (χ3v) is 9.47. The first-order chi connectivity index (χ1) is 19.1. The first kappa shape index (κ1) is 31.2. The topological polar surface area (TPSA) is 112 Å². The molecule has 1 heterocycles. The van der Waals surface area contributed by atoms with Crippen molar-refractivity contribution in [3.8, 4) is 11.5 Å². The number of carbonyl (C=O) groups excluding carboxylic acids is 4. The standard InChI is InChI=1S/C28H34N2O8S2/c1-7-37-25(33)27(39-17-19-9-13-21(35-5)14-10-19)23(31)30(4)28(24(32)29(27)3,26(34)38-8-2)40-18-20-11-15-22(36-6)16-12-20/h9-16H,7-8,17-18H2,1-6H3/t27-,28+. The van der Waals surface area contributed by atoms with E-state index < -0.39 is 33.5 Å². The SMILES string of the molecule is CCOC(=O)[C@@]1(SCc2ccc(OC)cc2)C(=O)N(C)[C@](SCc2ccc(OC)cc2)(C(=O)OCC)C(=O)N1C. The highest BCUT2D eigenvalue weighted by Gasteiger charge is 2.69. The van der Waals surface area contributed by atoms with Crippen LogP contribution >= 0.6 is 23.5 Å². The molecule has 1 fully saturated rings. The van der Waals surface area contributed by atoms with Crippen LogP contribution in [0.4, 0.5) is 0 Å². The second-order valence-corrected chi connectivity index (χ2v) is 11.1. The Morgan fingerprint density at radius 1 is 0.675 bits per heavy atom. The fraction of sp³-hybridized carbons (Fsp3) is 0.429. The van der Waals surface area contributed by atoms with E-state index in [2.05, 4.69) is 0 Å². The van der Waals surface area contributed by atoms with Crippen LogP contribution < -0.4 is 9.47 Å². The molecule has 0 N–H and O–H groups in total. The zero-order chi connectivity index (χ0) is 29.5. The van der Waals surface area contributed by atoms with Crippen LogP contribution in [0.1, 0.15) is 25.0 Å². The van der Waals surface area contributed by atoms with E-state index in [-0.39, 0.29) is 24.7 Å². The van der Waals surface area contributed by atoms with Crippen molar-refractivity contribution in [1.29, 1.82) is 0 Å². The van der Waals surface area contributed by atoms with Crippen LogP contribution in [0.5, 0.6) is 11.5 Å². The summed E-state index contributed by atoms with van der Waals surface area (Å²) in [7, 11) is 5.79. The molecular formula is C28H34N2O8S2. The molecule has 2 atom stereocenters. The van der Waals surface area contributed by atoms with Crippen molar-refractivity contribution < 1.29 is 38.1 Å². The lowest BCUT2D eigenvalue weighted by Crippen LogP contribution is -2.77. The molecule has 2 aromatic rings. The number of thioether (sulfide) groups is 2. The normalized spacial score (nSPS) is 20.8. The number of esters is 2. The van der Waals surface area contributed by atoms with Gasteiger partial charge in [-0.05, 0) is 49.2 Å². The van der Waals surface area contributed by atoms with E-state index in [1.54, 1.807) is 76.6 Å². The molecule has 0 spiro atoms. The average Bonchev–Trinajstić information content (AvgIpc) is 2.97. The predicted molar refractivity (Wildman–Crippen MR) is 153 cm³/mol. The number of hydrogen-bond donors (Lipinski definition) is 0. The van der Waals surface area contributed by atoms with Gasteiger partial charge in [-0.25, -0.2) is 9.59 Å². The molecule has 216 valence electrons. The number of amides is 2. The van der Waals surface area contributed by atoms with Crippen LogP contribution in [0.25, 0.3) is 0 Å². The van der Waals surface area contributed by atoms with Crippen molar-refractivity contribution in [3.05, 3.63) is 59.7 Å². The summed E-state index contributed by atoms with van der Waals surface area (Å²) in [5.74, 6) is -1.59. The van der Waals surface area contributed by atoms with Crippen molar-refractivity contribution in [1.82, 2.24) is 9.80 Å². The summed E-state index contributed by atoms with van der Waals surface area (Å²) >= 11 is 1.90. The van der Waals surface area contributed by atoms with Gasteiger partial charge in [0, 0.05) is 25.6 Å². The second kappa shape index (κ2) is 13.3. The Hall–Kier alpha value is -3.38. The molecule has 12 heteroatoms. The summed E-state index contributed by atoms with van der Waals surface area (Å²) in [6, 6.07) is 14.3. The second-order valence-electron chi connectivity index (χ2n) is 8.73. The quantitative estimate of drug-likeness (QED) is 0.270. The molecule has 1 aliphatic heterocycles. The fourth-order valence-electron chi connectivity index (χ4n) is 4.19. The van der Waals surface area contributed by atoms with Crippen LogP contribution in [0.2, 0.25) is 0 Å². The maximum Gasteiger partial charge on any atom is 0.352 e. The van der Waals surface area contributed by atoms with E-state index in [4.69, 9.17) is 18.9 Å². The number of ether oxygens (including phenoxy) is 4. The molecule has 0 radical (unpaired) electrons. The number of hydrogen-bond acceptors (Lipinski definition) is 10. The lowest BCUT2D eigenvalue weighted by molar-refractivity contribution is -0.181. The number of likely N-dealkylation sites (N-methyl/N-ethyl adjacent to an activating group) is 2. The molecule has 0 unspecified atom stereocenters. The first-order valence-corrected chi connectivity index (χ1v) is 14.5. The third kappa shape index (κ3) is 5.73. The maximum atomic E-state index is 14.2. The molecule has 0 aliphatic carbocycles. The van der Waals surface area contributed by atoms with Gasteiger partial charge in [0.05, 0.1) is 27.4 Å². The van der Waals surface area contributed by atoms with E-state index >= 15 is 0 Å². The van der Waals surface area contributed by atoms with Crippen LogP contribution in [-0.4, -0.2) is 84.8 Å². The van der Waals surface area contributed by atoms with Gasteiger partial charge in [0.2, 0.25) is 0 Å². The molecular weight excluding hydrogens is 556 g/mol. The Morgan fingerprint density at radius 2 is 1.00 bits per heavy atom. The molecule has 3 rings (SSSR count). The Labute approximate surface area is 242 Å². The highest BCUT2D eigenvalue weighted by atomic mass is 32.2. The highest BCUT2D eigenvalue weighted by Crippen LogP contribution is 2.46. The lowest BCUT2D eigenvalue weighted by Gasteiger charge is -2.51. The highest BCUT2D eigenvalue weighted by molar-refractivity contribution is 8.02. The van der Waals surface area contributed by atoms with Gasteiger partial charge in [-0.15, -0.1) is 23.5 Å². The zero-order valence-corrected chi connectivity index (χ0v) is 25.1. The Morgan fingerprint density at radius 3 is 1.27 bits per heavy atom. The minimum Gasteiger partial charge on any atom is -0.497 e. The summed E-state index contributed by atoms with van der Waals surface area (Å²) in [4.78, 5) is 53.3. The van der Waals surface area contributed by atoms with Gasteiger partial charge in [0.15, 0.2) is 0 Å². The molecule has 10 nitrogen and oxygen atoms in total. The molecule has 0 aromatic heterocycles. The average molecular weight is 591 g/mol. The van der Waals surface area contributed by atoms with E-state index in [0.717, 1.165) is 44.5 Å². The number of carbonyl (C=O) groups is 4. The number of benzene rings is 2. The van der Waals surface area contributed by atoms with Crippen LogP contribution in [0.15, 0.2) is 48.5 Å². The molecule has 40 heavy (non-hydrogen) atoms. The smallest absolute Gasteiger partial charge is 0.352 e. The largest absolute Gasteiger partial charge is 0.497 e. The lowest BCUT2D eigenvalue weighted by atomic mass is 10.0. The van der Waals surface area contributed by atoms with E-state index in [1.807, 2.05) is 0 Å². The summed E-state index contributed by atoms with van der Waals surface area (Å²) in [6.45, 7) is 3.23. The number of piperazine rings is 1. The molecule has 2 aromatic carbocycles.